The lowest BCUT2D eigenvalue weighted by Gasteiger charge is -2.06. The first-order chi connectivity index (χ1) is 11.7. The lowest BCUT2D eigenvalue weighted by molar-refractivity contribution is 0.102. The second-order valence-corrected chi connectivity index (χ2v) is 6.51. The van der Waals surface area contributed by atoms with Crippen LogP contribution in [0, 0.1) is 0 Å². The molecule has 1 fully saturated rings. The van der Waals surface area contributed by atoms with E-state index in [4.69, 9.17) is 4.74 Å². The van der Waals surface area contributed by atoms with Gasteiger partial charge >= 0.3 is 0 Å². The average molecular weight is 344 g/mol. The molecule has 4 rings (SSSR count). The Hall–Kier alpha value is -2.52. The predicted octanol–water partition coefficient (Wildman–Crippen LogP) is 2.17. The van der Waals surface area contributed by atoms with Crippen LogP contribution in [0.15, 0.2) is 30.7 Å². The first kappa shape index (κ1) is 15.0. The van der Waals surface area contributed by atoms with Crippen LogP contribution < -0.4 is 5.32 Å². The van der Waals surface area contributed by atoms with E-state index in [1.54, 1.807) is 17.9 Å². The van der Waals surface area contributed by atoms with E-state index in [9.17, 15) is 4.79 Å². The van der Waals surface area contributed by atoms with E-state index in [1.165, 1.54) is 11.3 Å². The fourth-order valence-corrected chi connectivity index (χ4v) is 3.55. The van der Waals surface area contributed by atoms with Gasteiger partial charge in [0.25, 0.3) is 5.91 Å². The highest BCUT2D eigenvalue weighted by Crippen LogP contribution is 2.32. The van der Waals surface area contributed by atoms with Crippen molar-refractivity contribution >= 4 is 22.4 Å². The Balaban J connectivity index is 1.55. The molecule has 0 saturated carbocycles. The monoisotopic (exact) mass is 344 g/mol. The zero-order valence-electron chi connectivity index (χ0n) is 13.0. The van der Waals surface area contributed by atoms with E-state index in [0.29, 0.717) is 16.5 Å². The van der Waals surface area contributed by atoms with Crippen LogP contribution in [0.5, 0.6) is 0 Å². The number of aromatic nitrogens is 5. The van der Waals surface area contributed by atoms with Gasteiger partial charge < -0.3 is 9.30 Å². The van der Waals surface area contributed by atoms with E-state index in [-0.39, 0.29) is 12.0 Å². The Bertz CT molecular complexity index is 847. The Labute approximate surface area is 142 Å². The predicted molar refractivity (Wildman–Crippen MR) is 88.3 cm³/mol. The van der Waals surface area contributed by atoms with Crippen molar-refractivity contribution in [1.29, 1.82) is 0 Å². The normalized spacial score (nSPS) is 17.3. The second kappa shape index (κ2) is 6.17. The number of amides is 1. The zero-order chi connectivity index (χ0) is 16.5. The number of nitrogens with zero attached hydrogens (tertiary/aromatic N) is 5. The summed E-state index contributed by atoms with van der Waals surface area (Å²) in [4.78, 5) is 12.6. The molecule has 0 unspecified atom stereocenters. The number of anilines is 1. The number of hydrogen-bond acceptors (Lipinski definition) is 6. The molecule has 1 atom stereocenters. The van der Waals surface area contributed by atoms with Crippen LogP contribution in [0.4, 0.5) is 5.13 Å². The summed E-state index contributed by atoms with van der Waals surface area (Å²) in [6.07, 6.45) is 7.27. The van der Waals surface area contributed by atoms with Gasteiger partial charge in [-0.15, -0.1) is 10.2 Å². The number of ether oxygens (including phenoxy) is 1. The molecule has 3 aromatic rings. The van der Waals surface area contributed by atoms with Gasteiger partial charge in [0.15, 0.2) is 0 Å². The van der Waals surface area contributed by atoms with E-state index in [1.807, 2.05) is 29.1 Å². The Kier molecular flexibility index (Phi) is 3.87. The van der Waals surface area contributed by atoms with Crippen molar-refractivity contribution in [2.45, 2.75) is 18.9 Å². The summed E-state index contributed by atoms with van der Waals surface area (Å²) in [7, 11) is 1.80. The summed E-state index contributed by atoms with van der Waals surface area (Å²) >= 11 is 1.35. The third-order valence-electron chi connectivity index (χ3n) is 3.87. The molecule has 0 spiro atoms. The summed E-state index contributed by atoms with van der Waals surface area (Å²) < 4.78 is 9.10. The summed E-state index contributed by atoms with van der Waals surface area (Å²) in [5, 5.41) is 16.4. The highest BCUT2D eigenvalue weighted by molar-refractivity contribution is 7.15. The SMILES string of the molecule is Cn1ncc(C(=O)Nc2nnc([C@@H]3CCCO3)s2)c1-n1cccc1. The van der Waals surface area contributed by atoms with Crippen LogP contribution in [0.2, 0.25) is 0 Å². The topological polar surface area (TPSA) is 86.9 Å². The molecule has 0 aromatic carbocycles. The molecule has 1 N–H and O–H groups in total. The van der Waals surface area contributed by atoms with Gasteiger partial charge in [0.05, 0.1) is 6.20 Å². The van der Waals surface area contributed by atoms with E-state index < -0.39 is 0 Å². The van der Waals surface area contributed by atoms with Gasteiger partial charge in [0.2, 0.25) is 5.13 Å². The molecule has 1 amide bonds. The molecule has 1 saturated heterocycles. The van der Waals surface area contributed by atoms with E-state index >= 15 is 0 Å². The summed E-state index contributed by atoms with van der Waals surface area (Å²) in [6.45, 7) is 0.752. The first-order valence-corrected chi connectivity index (χ1v) is 8.46. The van der Waals surface area contributed by atoms with Crippen LogP contribution in [-0.2, 0) is 11.8 Å². The Morgan fingerprint density at radius 3 is 2.96 bits per heavy atom. The lowest BCUT2D eigenvalue weighted by Crippen LogP contribution is -2.14. The summed E-state index contributed by atoms with van der Waals surface area (Å²) in [6, 6.07) is 3.79. The lowest BCUT2D eigenvalue weighted by atomic mass is 10.2. The standard InChI is InChI=1S/C15H16N6O2S/c1-20-14(21-6-2-3-7-21)10(9-16-20)12(22)17-15-19-18-13(24-15)11-5-4-8-23-11/h2-3,6-7,9,11H,4-5,8H2,1H3,(H,17,19,22)/t11-/m0/s1. The molecule has 1 aliphatic heterocycles. The van der Waals surface area contributed by atoms with Gasteiger partial charge in [-0.05, 0) is 25.0 Å². The first-order valence-electron chi connectivity index (χ1n) is 7.64. The molecule has 1 aliphatic rings. The maximum Gasteiger partial charge on any atom is 0.262 e. The molecule has 0 bridgehead atoms. The van der Waals surface area contributed by atoms with Crippen LogP contribution in [-0.4, -0.2) is 37.1 Å². The molecule has 9 heteroatoms. The molecule has 3 aromatic heterocycles. The third kappa shape index (κ3) is 2.72. The molecular weight excluding hydrogens is 328 g/mol. The molecule has 0 aliphatic carbocycles. The van der Waals surface area contributed by atoms with Crippen LogP contribution in [0.1, 0.15) is 34.3 Å². The van der Waals surface area contributed by atoms with Crippen molar-refractivity contribution in [2.75, 3.05) is 11.9 Å². The number of hydrogen-bond donors (Lipinski definition) is 1. The number of nitrogens with one attached hydrogen (secondary N) is 1. The van der Waals surface area contributed by atoms with Crippen LogP contribution >= 0.6 is 11.3 Å². The van der Waals surface area contributed by atoms with Gasteiger partial charge in [-0.2, -0.15) is 5.10 Å². The zero-order valence-corrected chi connectivity index (χ0v) is 13.9. The van der Waals surface area contributed by atoms with Crippen molar-refractivity contribution in [3.05, 3.63) is 41.3 Å². The van der Waals surface area contributed by atoms with Gasteiger partial charge in [0.1, 0.15) is 22.5 Å². The smallest absolute Gasteiger partial charge is 0.262 e. The number of aryl methyl sites for hydroxylation is 1. The molecule has 24 heavy (non-hydrogen) atoms. The number of carbonyl (C=O) groups is 1. The van der Waals surface area contributed by atoms with E-state index in [0.717, 1.165) is 24.5 Å². The summed E-state index contributed by atoms with van der Waals surface area (Å²) in [5.74, 6) is 0.434. The molecule has 124 valence electrons. The maximum atomic E-state index is 12.6. The third-order valence-corrected chi connectivity index (χ3v) is 4.80. The fraction of sp³-hybridized carbons (Fsp3) is 0.333. The molecule has 8 nitrogen and oxygen atoms in total. The number of rotatable bonds is 4. The van der Waals surface area contributed by atoms with Crippen molar-refractivity contribution in [3.8, 4) is 5.82 Å². The van der Waals surface area contributed by atoms with E-state index in [2.05, 4.69) is 20.6 Å². The highest BCUT2D eigenvalue weighted by Gasteiger charge is 2.23. The van der Waals surface area contributed by atoms with Gasteiger partial charge in [-0.3, -0.25) is 14.8 Å². The quantitative estimate of drug-likeness (QED) is 0.784. The van der Waals surface area contributed by atoms with Crippen LogP contribution in [0.3, 0.4) is 0 Å². The Morgan fingerprint density at radius 2 is 2.21 bits per heavy atom. The van der Waals surface area contributed by atoms with Crippen LogP contribution in [0.25, 0.3) is 5.82 Å². The van der Waals surface area contributed by atoms with Crippen molar-refractivity contribution in [3.63, 3.8) is 0 Å². The van der Waals surface area contributed by atoms with Crippen molar-refractivity contribution in [2.24, 2.45) is 7.05 Å². The van der Waals surface area contributed by atoms with Crippen molar-refractivity contribution < 1.29 is 9.53 Å². The van der Waals surface area contributed by atoms with Gasteiger partial charge in [-0.25, -0.2) is 0 Å². The maximum absolute atomic E-state index is 12.6. The summed E-state index contributed by atoms with van der Waals surface area (Å²) in [5.41, 5.74) is 0.475. The van der Waals surface area contributed by atoms with Gasteiger partial charge in [-0.1, -0.05) is 11.3 Å². The highest BCUT2D eigenvalue weighted by atomic mass is 32.1. The molecule has 4 heterocycles. The molecular formula is C15H16N6O2S. The fourth-order valence-electron chi connectivity index (χ4n) is 2.73. The Morgan fingerprint density at radius 1 is 1.38 bits per heavy atom. The minimum atomic E-state index is -0.262. The van der Waals surface area contributed by atoms with Gasteiger partial charge in [0, 0.05) is 26.0 Å². The largest absolute Gasteiger partial charge is 0.371 e. The minimum absolute atomic E-state index is 0.00183. The van der Waals surface area contributed by atoms with Crippen molar-refractivity contribution in [1.82, 2.24) is 24.5 Å². The second-order valence-electron chi connectivity index (χ2n) is 5.50. The average Bonchev–Trinajstić information content (AvgIpc) is 3.34. The minimum Gasteiger partial charge on any atom is -0.371 e. The molecule has 0 radical (unpaired) electrons. The number of carbonyl (C=O) groups excluding carboxylic acids is 1.